The van der Waals surface area contributed by atoms with E-state index in [2.05, 4.69) is 20.6 Å². The number of aromatic nitrogens is 2. The molecule has 0 amide bonds. The molecule has 0 aliphatic carbocycles. The second-order valence-corrected chi connectivity index (χ2v) is 5.69. The molecule has 130 valence electrons. The van der Waals surface area contributed by atoms with Crippen LogP contribution in [0.5, 0.6) is 0 Å². The van der Waals surface area contributed by atoms with E-state index in [4.69, 9.17) is 5.11 Å². The third kappa shape index (κ3) is 4.82. The molecule has 8 heteroatoms. The zero-order valence-corrected chi connectivity index (χ0v) is 13.6. The van der Waals surface area contributed by atoms with E-state index in [9.17, 15) is 13.2 Å². The minimum Gasteiger partial charge on any atom is -0.394 e. The van der Waals surface area contributed by atoms with Crippen molar-refractivity contribution < 1.29 is 18.3 Å². The number of hydrogen-bond donors (Lipinski definition) is 3. The van der Waals surface area contributed by atoms with Gasteiger partial charge in [0.1, 0.15) is 5.82 Å². The Morgan fingerprint density at radius 2 is 1.71 bits per heavy atom. The Morgan fingerprint density at radius 3 is 2.25 bits per heavy atom. The monoisotopic (exact) mass is 340 g/mol. The molecule has 3 N–H and O–H groups in total. The average molecular weight is 340 g/mol. The Bertz CT molecular complexity index is 699. The van der Waals surface area contributed by atoms with Crippen molar-refractivity contribution in [3.05, 3.63) is 41.1 Å². The number of anilines is 3. The predicted molar refractivity (Wildman–Crippen MR) is 86.4 cm³/mol. The van der Waals surface area contributed by atoms with Crippen LogP contribution in [0.25, 0.3) is 0 Å². The predicted octanol–water partition coefficient (Wildman–Crippen LogP) is 3.65. The van der Waals surface area contributed by atoms with Gasteiger partial charge in [-0.1, -0.05) is 6.07 Å². The van der Waals surface area contributed by atoms with E-state index in [1.54, 1.807) is 6.92 Å². The zero-order chi connectivity index (χ0) is 17.9. The Hall–Kier alpha value is -2.35. The molecule has 0 aliphatic heterocycles. The number of rotatable bonds is 5. The van der Waals surface area contributed by atoms with Gasteiger partial charge >= 0.3 is 6.18 Å². The molecule has 1 atom stereocenters. The number of halogens is 3. The topological polar surface area (TPSA) is 70.1 Å². The van der Waals surface area contributed by atoms with Crippen LogP contribution in [0.1, 0.15) is 23.7 Å². The van der Waals surface area contributed by atoms with Crippen LogP contribution in [-0.2, 0) is 6.18 Å². The summed E-state index contributed by atoms with van der Waals surface area (Å²) in [6.07, 6.45) is -4.60. The van der Waals surface area contributed by atoms with E-state index >= 15 is 0 Å². The first-order chi connectivity index (χ1) is 11.2. The van der Waals surface area contributed by atoms with Crippen LogP contribution in [0.2, 0.25) is 0 Å². The third-order valence-electron chi connectivity index (χ3n) is 3.16. The van der Waals surface area contributed by atoms with Crippen molar-refractivity contribution in [2.45, 2.75) is 33.0 Å². The van der Waals surface area contributed by atoms with Crippen molar-refractivity contribution in [2.75, 3.05) is 17.2 Å². The number of aliphatic hydroxyl groups is 1. The van der Waals surface area contributed by atoms with Crippen LogP contribution in [-0.4, -0.2) is 27.7 Å². The maximum absolute atomic E-state index is 13.0. The van der Waals surface area contributed by atoms with Gasteiger partial charge in [0.25, 0.3) is 0 Å². The number of aryl methyl sites for hydroxylation is 2. The molecule has 0 saturated carbocycles. The fraction of sp³-hybridized carbons (Fsp3) is 0.375. The van der Waals surface area contributed by atoms with Crippen LogP contribution < -0.4 is 10.6 Å². The van der Waals surface area contributed by atoms with Gasteiger partial charge in [0.15, 0.2) is 5.69 Å². The van der Waals surface area contributed by atoms with Gasteiger partial charge < -0.3 is 15.7 Å². The fourth-order valence-corrected chi connectivity index (χ4v) is 2.18. The van der Waals surface area contributed by atoms with E-state index < -0.39 is 17.9 Å². The Balaban J connectivity index is 2.38. The lowest BCUT2D eigenvalue weighted by Crippen LogP contribution is -2.22. The van der Waals surface area contributed by atoms with E-state index in [1.165, 1.54) is 0 Å². The Kier molecular flexibility index (Phi) is 5.28. The molecule has 1 aromatic heterocycles. The Morgan fingerprint density at radius 1 is 1.08 bits per heavy atom. The van der Waals surface area contributed by atoms with E-state index in [-0.39, 0.29) is 18.4 Å². The van der Waals surface area contributed by atoms with Gasteiger partial charge in [-0.15, -0.1) is 0 Å². The largest absolute Gasteiger partial charge is 0.433 e. The molecule has 5 nitrogen and oxygen atoms in total. The molecule has 0 radical (unpaired) electrons. The average Bonchev–Trinajstić information content (AvgIpc) is 2.44. The molecule has 0 bridgehead atoms. The lowest BCUT2D eigenvalue weighted by atomic mass is 10.1. The van der Waals surface area contributed by atoms with Gasteiger partial charge in [0, 0.05) is 17.8 Å². The number of benzene rings is 1. The molecule has 0 unspecified atom stereocenters. The summed E-state index contributed by atoms with van der Waals surface area (Å²) in [5.41, 5.74) is 1.54. The van der Waals surface area contributed by atoms with Crippen LogP contribution >= 0.6 is 0 Å². The maximum Gasteiger partial charge on any atom is 0.433 e. The number of aliphatic hydroxyl groups excluding tert-OH is 1. The molecule has 2 aromatic rings. The summed E-state index contributed by atoms with van der Waals surface area (Å²) in [5, 5.41) is 14.6. The highest BCUT2D eigenvalue weighted by molar-refractivity contribution is 5.59. The quantitative estimate of drug-likeness (QED) is 0.775. The van der Waals surface area contributed by atoms with Crippen molar-refractivity contribution in [3.8, 4) is 0 Å². The number of nitrogens with one attached hydrogen (secondary N) is 2. The molecule has 24 heavy (non-hydrogen) atoms. The summed E-state index contributed by atoms with van der Waals surface area (Å²) < 4.78 is 39.1. The van der Waals surface area contributed by atoms with Crippen molar-refractivity contribution in [3.63, 3.8) is 0 Å². The molecule has 2 rings (SSSR count). The summed E-state index contributed by atoms with van der Waals surface area (Å²) in [4.78, 5) is 7.52. The van der Waals surface area contributed by atoms with Gasteiger partial charge in [0.05, 0.1) is 6.61 Å². The fourth-order valence-electron chi connectivity index (χ4n) is 2.18. The molecule has 0 fully saturated rings. The molecule has 1 aromatic carbocycles. The second kappa shape index (κ2) is 7.04. The first kappa shape index (κ1) is 18.0. The number of hydrogen-bond acceptors (Lipinski definition) is 5. The van der Waals surface area contributed by atoms with Crippen LogP contribution in [0, 0.1) is 13.8 Å². The van der Waals surface area contributed by atoms with E-state index in [0.717, 1.165) is 17.2 Å². The third-order valence-corrected chi connectivity index (χ3v) is 3.16. The standard InChI is InChI=1S/C16H19F3N4O/c1-9-4-10(2)6-12(5-9)21-14-7-13(16(17,18)19)22-15(23-14)20-11(3)8-24/h4-7,11,24H,8H2,1-3H3,(H2,20,21,22,23)/t11-/m0/s1. The molecule has 0 aliphatic rings. The lowest BCUT2D eigenvalue weighted by Gasteiger charge is -2.15. The van der Waals surface area contributed by atoms with Gasteiger partial charge in [-0.2, -0.15) is 18.2 Å². The maximum atomic E-state index is 13.0. The summed E-state index contributed by atoms with van der Waals surface area (Å²) in [6.45, 7) is 5.16. The SMILES string of the molecule is Cc1cc(C)cc(Nc2cc(C(F)(F)F)nc(N[C@@H](C)CO)n2)c1. The minimum atomic E-state index is -4.60. The minimum absolute atomic E-state index is 0.0231. The molecular formula is C16H19F3N4O. The van der Waals surface area contributed by atoms with Crippen LogP contribution in [0.4, 0.5) is 30.6 Å². The van der Waals surface area contributed by atoms with Gasteiger partial charge in [0.2, 0.25) is 5.95 Å². The number of nitrogens with zero attached hydrogens (tertiary/aromatic N) is 2. The van der Waals surface area contributed by atoms with Crippen molar-refractivity contribution >= 4 is 17.5 Å². The second-order valence-electron chi connectivity index (χ2n) is 5.69. The zero-order valence-electron chi connectivity index (χ0n) is 13.6. The summed E-state index contributed by atoms with van der Waals surface area (Å²) in [5.74, 6) is -0.173. The normalized spacial score (nSPS) is 12.8. The Labute approximate surface area is 138 Å². The van der Waals surface area contributed by atoms with Gasteiger partial charge in [-0.3, -0.25) is 0 Å². The van der Waals surface area contributed by atoms with Crippen molar-refractivity contribution in [1.82, 2.24) is 9.97 Å². The first-order valence-corrected chi connectivity index (χ1v) is 7.36. The smallest absolute Gasteiger partial charge is 0.394 e. The van der Waals surface area contributed by atoms with Gasteiger partial charge in [-0.05, 0) is 44.0 Å². The molecule has 0 spiro atoms. The molecular weight excluding hydrogens is 321 g/mol. The molecule has 0 saturated heterocycles. The van der Waals surface area contributed by atoms with Crippen LogP contribution in [0.3, 0.4) is 0 Å². The highest BCUT2D eigenvalue weighted by Gasteiger charge is 2.34. The first-order valence-electron chi connectivity index (χ1n) is 7.36. The highest BCUT2D eigenvalue weighted by atomic mass is 19.4. The lowest BCUT2D eigenvalue weighted by molar-refractivity contribution is -0.141. The van der Waals surface area contributed by atoms with E-state index in [0.29, 0.717) is 5.69 Å². The summed E-state index contributed by atoms with van der Waals surface area (Å²) in [6, 6.07) is 5.97. The van der Waals surface area contributed by atoms with Crippen LogP contribution in [0.15, 0.2) is 24.3 Å². The molecule has 1 heterocycles. The van der Waals surface area contributed by atoms with E-state index in [1.807, 2.05) is 32.0 Å². The van der Waals surface area contributed by atoms with Gasteiger partial charge in [-0.25, -0.2) is 4.98 Å². The summed E-state index contributed by atoms with van der Waals surface area (Å²) >= 11 is 0. The van der Waals surface area contributed by atoms with Crippen molar-refractivity contribution in [1.29, 1.82) is 0 Å². The number of alkyl halides is 3. The highest BCUT2D eigenvalue weighted by Crippen LogP contribution is 2.30. The summed E-state index contributed by atoms with van der Waals surface area (Å²) in [7, 11) is 0. The van der Waals surface area contributed by atoms with Crippen molar-refractivity contribution in [2.24, 2.45) is 0 Å².